The van der Waals surface area contributed by atoms with Gasteiger partial charge in [-0.1, -0.05) is 11.8 Å². The van der Waals surface area contributed by atoms with Crippen molar-refractivity contribution >= 4 is 23.4 Å². The highest BCUT2D eigenvalue weighted by Gasteiger charge is 2.31. The van der Waals surface area contributed by atoms with Gasteiger partial charge in [-0.05, 0) is 38.5 Å². The van der Waals surface area contributed by atoms with Gasteiger partial charge in [-0.15, -0.1) is 0 Å². The van der Waals surface area contributed by atoms with Crippen molar-refractivity contribution < 1.29 is 9.53 Å². The zero-order valence-electron chi connectivity index (χ0n) is 16.3. The van der Waals surface area contributed by atoms with E-state index in [2.05, 4.69) is 15.4 Å². The molecule has 0 radical (unpaired) electrons. The van der Waals surface area contributed by atoms with E-state index < -0.39 is 0 Å². The van der Waals surface area contributed by atoms with Crippen LogP contribution in [0.5, 0.6) is 0 Å². The highest BCUT2D eigenvalue weighted by molar-refractivity contribution is 7.99. The molecule has 5 rings (SSSR count). The van der Waals surface area contributed by atoms with Crippen LogP contribution in [0.3, 0.4) is 0 Å². The van der Waals surface area contributed by atoms with Crippen LogP contribution in [0.4, 0.5) is 5.69 Å². The summed E-state index contributed by atoms with van der Waals surface area (Å²) in [6.45, 7) is 1.52. The Hall–Kier alpha value is -2.13. The maximum Gasteiger partial charge on any atom is 0.257 e. The van der Waals surface area contributed by atoms with Crippen LogP contribution >= 0.6 is 11.8 Å². The summed E-state index contributed by atoms with van der Waals surface area (Å²) in [5.41, 5.74) is 2.52. The third kappa shape index (κ3) is 3.85. The largest absolute Gasteiger partial charge is 0.376 e. The molecule has 2 aromatic heterocycles. The lowest BCUT2D eigenvalue weighted by atomic mass is 10.1. The molecule has 2 aliphatic heterocycles. The van der Waals surface area contributed by atoms with Gasteiger partial charge >= 0.3 is 0 Å². The molecule has 9 heteroatoms. The van der Waals surface area contributed by atoms with E-state index in [0.29, 0.717) is 18.0 Å². The predicted molar refractivity (Wildman–Crippen MR) is 109 cm³/mol. The standard InChI is InChI=1S/C20H25N5O3S/c26-18(22-13-9-21-24(10-13)11-15-4-1-2-7-28-15)8-14-12-29-20-23-17-6-3-5-16(17)19(27)25(14)20/h9-10,14-15H,1-8,11-12H2,(H,22,26). The van der Waals surface area contributed by atoms with Gasteiger partial charge in [0.15, 0.2) is 5.16 Å². The molecule has 29 heavy (non-hydrogen) atoms. The quantitative estimate of drug-likeness (QED) is 0.753. The van der Waals surface area contributed by atoms with E-state index >= 15 is 0 Å². The summed E-state index contributed by atoms with van der Waals surface area (Å²) in [7, 11) is 0. The monoisotopic (exact) mass is 415 g/mol. The molecule has 1 saturated heterocycles. The molecule has 8 nitrogen and oxygen atoms in total. The number of carbonyl (C=O) groups is 1. The number of nitrogens with zero attached hydrogens (tertiary/aromatic N) is 4. The van der Waals surface area contributed by atoms with Crippen LogP contribution < -0.4 is 10.9 Å². The lowest BCUT2D eigenvalue weighted by molar-refractivity contribution is -0.116. The number of rotatable bonds is 5. The number of amides is 1. The predicted octanol–water partition coefficient (Wildman–Crippen LogP) is 2.17. The number of thioether (sulfide) groups is 1. The van der Waals surface area contributed by atoms with Crippen molar-refractivity contribution in [3.8, 4) is 0 Å². The van der Waals surface area contributed by atoms with Crippen molar-refractivity contribution in [3.63, 3.8) is 0 Å². The minimum Gasteiger partial charge on any atom is -0.376 e. The Morgan fingerprint density at radius 2 is 2.24 bits per heavy atom. The van der Waals surface area contributed by atoms with Gasteiger partial charge in [-0.25, -0.2) is 4.98 Å². The topological polar surface area (TPSA) is 91.0 Å². The van der Waals surface area contributed by atoms with Crippen LogP contribution in [0.15, 0.2) is 22.3 Å². The molecule has 1 amide bonds. The number of ether oxygens (including phenoxy) is 1. The fourth-order valence-corrected chi connectivity index (χ4v) is 5.57. The van der Waals surface area contributed by atoms with Gasteiger partial charge in [0.25, 0.3) is 5.56 Å². The average molecular weight is 416 g/mol. The number of hydrogen-bond donors (Lipinski definition) is 1. The second kappa shape index (κ2) is 7.95. The number of hydrogen-bond acceptors (Lipinski definition) is 6. The SMILES string of the molecule is O=C(CC1CSc2nc3c(c(=O)n21)CCC3)Nc1cnn(CC2CCCCO2)c1. The van der Waals surface area contributed by atoms with Crippen molar-refractivity contribution in [3.05, 3.63) is 34.0 Å². The van der Waals surface area contributed by atoms with Gasteiger partial charge in [0.2, 0.25) is 5.91 Å². The summed E-state index contributed by atoms with van der Waals surface area (Å²) in [4.78, 5) is 30.1. The van der Waals surface area contributed by atoms with Crippen LogP contribution in [-0.2, 0) is 28.9 Å². The maximum absolute atomic E-state index is 12.8. The second-order valence-corrected chi connectivity index (χ2v) is 8.99. The summed E-state index contributed by atoms with van der Waals surface area (Å²) in [5.74, 6) is 0.598. The second-order valence-electron chi connectivity index (χ2n) is 8.01. The van der Waals surface area contributed by atoms with Crippen LogP contribution in [0.1, 0.15) is 49.4 Å². The molecule has 0 saturated carbocycles. The third-order valence-electron chi connectivity index (χ3n) is 5.88. The van der Waals surface area contributed by atoms with Crippen molar-refractivity contribution in [2.45, 2.75) is 68.8 Å². The zero-order chi connectivity index (χ0) is 19.8. The highest BCUT2D eigenvalue weighted by Crippen LogP contribution is 2.34. The fraction of sp³-hybridized carbons (Fsp3) is 0.600. The van der Waals surface area contributed by atoms with Gasteiger partial charge in [-0.3, -0.25) is 18.8 Å². The number of fused-ring (bicyclic) bond motifs is 2. The Bertz CT molecular complexity index is 979. The van der Waals surface area contributed by atoms with E-state index in [-0.39, 0.29) is 30.0 Å². The van der Waals surface area contributed by atoms with E-state index in [9.17, 15) is 9.59 Å². The van der Waals surface area contributed by atoms with Crippen LogP contribution in [0.2, 0.25) is 0 Å². The average Bonchev–Trinajstić information content (AvgIpc) is 3.44. The Kier molecular flexibility index (Phi) is 5.17. The Labute approximate surface area is 173 Å². The van der Waals surface area contributed by atoms with Crippen molar-refractivity contribution in [2.75, 3.05) is 17.7 Å². The molecule has 0 spiro atoms. The first-order chi connectivity index (χ1) is 14.2. The lowest BCUT2D eigenvalue weighted by Crippen LogP contribution is -2.30. The Morgan fingerprint density at radius 3 is 3.10 bits per heavy atom. The fourth-order valence-electron chi connectivity index (χ4n) is 4.42. The Morgan fingerprint density at radius 1 is 1.31 bits per heavy atom. The molecule has 2 aromatic rings. The van der Waals surface area contributed by atoms with Crippen LogP contribution in [0, 0.1) is 0 Å². The summed E-state index contributed by atoms with van der Waals surface area (Å²) < 4.78 is 9.31. The first-order valence-corrected chi connectivity index (χ1v) is 11.4. The number of aryl methyl sites for hydroxylation is 1. The zero-order valence-corrected chi connectivity index (χ0v) is 17.1. The number of aromatic nitrogens is 4. The summed E-state index contributed by atoms with van der Waals surface area (Å²) in [6, 6.07) is -0.147. The minimum absolute atomic E-state index is 0.0469. The van der Waals surface area contributed by atoms with Crippen molar-refractivity contribution in [1.82, 2.24) is 19.3 Å². The number of nitrogens with one attached hydrogen (secondary N) is 1. The van der Waals surface area contributed by atoms with Crippen LogP contribution in [0.25, 0.3) is 0 Å². The van der Waals surface area contributed by atoms with E-state index in [1.165, 1.54) is 6.42 Å². The van der Waals surface area contributed by atoms with E-state index in [1.54, 1.807) is 22.5 Å². The lowest BCUT2D eigenvalue weighted by Gasteiger charge is -2.22. The molecular formula is C20H25N5O3S. The van der Waals surface area contributed by atoms with Gasteiger partial charge in [0, 0.05) is 30.5 Å². The Balaban J connectivity index is 1.22. The normalized spacial score (nSPS) is 23.0. The first-order valence-electron chi connectivity index (χ1n) is 10.4. The van der Waals surface area contributed by atoms with Crippen LogP contribution in [-0.4, -0.2) is 43.7 Å². The molecule has 1 N–H and O–H groups in total. The molecule has 154 valence electrons. The van der Waals surface area contributed by atoms with Gasteiger partial charge in [-0.2, -0.15) is 5.10 Å². The molecule has 1 fully saturated rings. The van der Waals surface area contributed by atoms with Crippen molar-refractivity contribution in [2.24, 2.45) is 0 Å². The van der Waals surface area contributed by atoms with E-state index in [0.717, 1.165) is 55.1 Å². The molecular weight excluding hydrogens is 390 g/mol. The summed E-state index contributed by atoms with van der Waals surface area (Å²) in [5, 5.41) is 8.02. The number of carbonyl (C=O) groups excluding carboxylic acids is 1. The van der Waals surface area contributed by atoms with Gasteiger partial charge < -0.3 is 10.1 Å². The third-order valence-corrected chi connectivity index (χ3v) is 6.97. The maximum atomic E-state index is 12.8. The smallest absolute Gasteiger partial charge is 0.257 e. The summed E-state index contributed by atoms with van der Waals surface area (Å²) in [6.07, 6.45) is 10.0. The number of anilines is 1. The molecule has 0 bridgehead atoms. The molecule has 2 unspecified atom stereocenters. The first kappa shape index (κ1) is 18.9. The molecule has 2 atom stereocenters. The molecule has 4 heterocycles. The molecule has 3 aliphatic rings. The molecule has 1 aliphatic carbocycles. The highest BCUT2D eigenvalue weighted by atomic mass is 32.2. The van der Waals surface area contributed by atoms with Gasteiger partial charge in [0.05, 0.1) is 36.3 Å². The molecule has 0 aromatic carbocycles. The van der Waals surface area contributed by atoms with Crippen molar-refractivity contribution in [1.29, 1.82) is 0 Å². The summed E-state index contributed by atoms with van der Waals surface area (Å²) >= 11 is 1.57. The van der Waals surface area contributed by atoms with Gasteiger partial charge in [0.1, 0.15) is 0 Å². The van der Waals surface area contributed by atoms with E-state index in [1.807, 2.05) is 10.9 Å². The minimum atomic E-state index is -0.147. The van der Waals surface area contributed by atoms with E-state index in [4.69, 9.17) is 4.74 Å².